The second-order valence-electron chi connectivity index (χ2n) is 10.3. The predicted octanol–water partition coefficient (Wildman–Crippen LogP) is 5.91. The second kappa shape index (κ2) is 13.4. The van der Waals surface area contributed by atoms with Crippen LogP contribution in [0, 0.1) is 23.7 Å². The Morgan fingerprint density at radius 1 is 0.784 bits per heavy atom. The quantitative estimate of drug-likeness (QED) is 0.359. The van der Waals surface area contributed by atoms with Crippen LogP contribution in [0.3, 0.4) is 0 Å². The van der Waals surface area contributed by atoms with Crippen LogP contribution in [0.4, 0.5) is 0 Å². The fourth-order valence-corrected chi connectivity index (χ4v) is 5.97. The molecule has 2 saturated carbocycles. The standard InChI is InChI=1S/C32H38O5/c33-30(29(25-15-5-1-6-16-25)26-17-7-2-8-18-26)36-23-13-14-24-37-31(34)32(35,27-19-9-3-10-20-27)28-21-11-4-12-22-28/h1,3,5-6,9-10,15-16,19-20,26,28-29,35H,2,4,7-8,11-12,17-18,21-24H2. The minimum atomic E-state index is -1.68. The van der Waals surface area contributed by atoms with Gasteiger partial charge in [0.15, 0.2) is 18.8 Å². The van der Waals surface area contributed by atoms with Crippen molar-refractivity contribution in [1.29, 1.82) is 0 Å². The molecule has 0 amide bonds. The first kappa shape index (κ1) is 26.9. The molecule has 2 aromatic carbocycles. The zero-order valence-electron chi connectivity index (χ0n) is 21.6. The van der Waals surface area contributed by atoms with Gasteiger partial charge in [-0.3, -0.25) is 4.79 Å². The van der Waals surface area contributed by atoms with Crippen molar-refractivity contribution < 1.29 is 24.2 Å². The van der Waals surface area contributed by atoms with Gasteiger partial charge < -0.3 is 14.6 Å². The molecule has 4 rings (SSSR count). The number of rotatable bonds is 8. The average Bonchev–Trinajstić information content (AvgIpc) is 2.96. The Bertz CT molecular complexity index is 1060. The smallest absolute Gasteiger partial charge is 0.344 e. The normalized spacial score (nSPS) is 19.1. The third kappa shape index (κ3) is 6.81. The summed E-state index contributed by atoms with van der Waals surface area (Å²) < 4.78 is 11.0. The van der Waals surface area contributed by atoms with Gasteiger partial charge in [0.05, 0.1) is 5.92 Å². The van der Waals surface area contributed by atoms with Gasteiger partial charge in [0, 0.05) is 5.92 Å². The fourth-order valence-electron chi connectivity index (χ4n) is 5.97. The highest BCUT2D eigenvalue weighted by Crippen LogP contribution is 2.40. The van der Waals surface area contributed by atoms with Crippen molar-refractivity contribution in [3.8, 4) is 11.8 Å². The van der Waals surface area contributed by atoms with Crippen LogP contribution in [-0.4, -0.2) is 30.3 Å². The molecule has 2 aromatic rings. The van der Waals surface area contributed by atoms with Gasteiger partial charge >= 0.3 is 11.9 Å². The summed E-state index contributed by atoms with van der Waals surface area (Å²) in [7, 11) is 0. The number of hydrogen-bond donors (Lipinski definition) is 1. The van der Waals surface area contributed by atoms with E-state index in [1.165, 1.54) is 6.42 Å². The third-order valence-corrected chi connectivity index (χ3v) is 7.94. The Morgan fingerprint density at radius 2 is 1.32 bits per heavy atom. The summed E-state index contributed by atoms with van der Waals surface area (Å²) in [6.45, 7) is -0.221. The van der Waals surface area contributed by atoms with Gasteiger partial charge in [0.25, 0.3) is 0 Å². The Kier molecular flexibility index (Phi) is 9.79. The molecule has 196 valence electrons. The molecule has 0 aliphatic heterocycles. The first-order chi connectivity index (χ1) is 18.1. The first-order valence-electron chi connectivity index (χ1n) is 13.7. The lowest BCUT2D eigenvalue weighted by Gasteiger charge is -2.36. The Morgan fingerprint density at radius 3 is 1.95 bits per heavy atom. The number of benzene rings is 2. The zero-order chi connectivity index (χ0) is 25.9. The van der Waals surface area contributed by atoms with Crippen molar-refractivity contribution in [2.24, 2.45) is 11.8 Å². The van der Waals surface area contributed by atoms with Crippen LogP contribution in [0.2, 0.25) is 0 Å². The number of hydrogen-bond acceptors (Lipinski definition) is 5. The number of esters is 2. The summed E-state index contributed by atoms with van der Waals surface area (Å²) in [6.07, 6.45) is 10.2. The lowest BCUT2D eigenvalue weighted by molar-refractivity contribution is -0.174. The Hall–Kier alpha value is -3.10. The van der Waals surface area contributed by atoms with Crippen molar-refractivity contribution in [3.05, 3.63) is 71.8 Å². The van der Waals surface area contributed by atoms with Gasteiger partial charge in [-0.05, 0) is 42.7 Å². The van der Waals surface area contributed by atoms with Crippen LogP contribution in [0.25, 0.3) is 0 Å². The van der Waals surface area contributed by atoms with Crippen LogP contribution < -0.4 is 0 Å². The molecule has 0 spiro atoms. The SMILES string of the molecule is O=C(OCC#CCOC(=O)C(O)(c1ccccc1)C1CCCCC1)C(c1ccccc1)C1CCCCC1. The summed E-state index contributed by atoms with van der Waals surface area (Å²) in [5.74, 6) is 4.48. The van der Waals surface area contributed by atoms with Crippen LogP contribution in [0.1, 0.15) is 81.3 Å². The molecule has 2 unspecified atom stereocenters. The van der Waals surface area contributed by atoms with Gasteiger partial charge in [-0.1, -0.05) is 111 Å². The molecule has 5 nitrogen and oxygen atoms in total. The number of carbonyl (C=O) groups excluding carboxylic acids is 2. The van der Waals surface area contributed by atoms with Crippen LogP contribution in [0.15, 0.2) is 60.7 Å². The maximum absolute atomic E-state index is 13.1. The Balaban J connectivity index is 1.33. The lowest BCUT2D eigenvalue weighted by atomic mass is 9.73. The fraction of sp³-hybridized carbons (Fsp3) is 0.500. The van der Waals surface area contributed by atoms with Crippen molar-refractivity contribution in [2.75, 3.05) is 13.2 Å². The highest BCUT2D eigenvalue weighted by Gasteiger charge is 2.47. The van der Waals surface area contributed by atoms with E-state index in [4.69, 9.17) is 9.47 Å². The molecule has 0 saturated heterocycles. The highest BCUT2D eigenvalue weighted by atomic mass is 16.6. The predicted molar refractivity (Wildman–Crippen MR) is 142 cm³/mol. The monoisotopic (exact) mass is 502 g/mol. The van der Waals surface area contributed by atoms with E-state index in [1.807, 2.05) is 48.5 Å². The van der Waals surface area contributed by atoms with Crippen LogP contribution in [-0.2, 0) is 24.7 Å². The molecule has 2 fully saturated rings. The number of aliphatic hydroxyl groups is 1. The molecule has 5 heteroatoms. The van der Waals surface area contributed by atoms with E-state index in [0.717, 1.165) is 63.4 Å². The maximum Gasteiger partial charge on any atom is 0.344 e. The second-order valence-corrected chi connectivity index (χ2v) is 10.3. The van der Waals surface area contributed by atoms with Gasteiger partial charge in [0.2, 0.25) is 0 Å². The van der Waals surface area contributed by atoms with E-state index in [1.54, 1.807) is 12.1 Å². The topological polar surface area (TPSA) is 72.8 Å². The van der Waals surface area contributed by atoms with Crippen molar-refractivity contribution in [3.63, 3.8) is 0 Å². The molecule has 2 atom stereocenters. The van der Waals surface area contributed by atoms with E-state index < -0.39 is 11.6 Å². The van der Waals surface area contributed by atoms with E-state index in [-0.39, 0.29) is 36.9 Å². The largest absolute Gasteiger partial charge is 0.452 e. The Labute approximate surface area is 220 Å². The van der Waals surface area contributed by atoms with Gasteiger partial charge in [-0.2, -0.15) is 0 Å². The van der Waals surface area contributed by atoms with Crippen molar-refractivity contribution in [1.82, 2.24) is 0 Å². The van der Waals surface area contributed by atoms with E-state index in [2.05, 4.69) is 11.8 Å². The zero-order valence-corrected chi connectivity index (χ0v) is 21.6. The van der Waals surface area contributed by atoms with Gasteiger partial charge in [0.1, 0.15) is 0 Å². The highest BCUT2D eigenvalue weighted by molar-refractivity contribution is 5.82. The van der Waals surface area contributed by atoms with Crippen LogP contribution >= 0.6 is 0 Å². The molecule has 0 radical (unpaired) electrons. The lowest BCUT2D eigenvalue weighted by Crippen LogP contribution is -2.45. The van der Waals surface area contributed by atoms with Crippen molar-refractivity contribution >= 4 is 11.9 Å². The van der Waals surface area contributed by atoms with Gasteiger partial charge in [-0.25, -0.2) is 4.79 Å². The minimum absolute atomic E-state index is 0.0575. The summed E-state index contributed by atoms with van der Waals surface area (Å²) in [5.41, 5.74) is -0.133. The number of ether oxygens (including phenoxy) is 2. The van der Waals surface area contributed by atoms with E-state index in [9.17, 15) is 14.7 Å². The summed E-state index contributed by atoms with van der Waals surface area (Å²) in [4.78, 5) is 26.1. The van der Waals surface area contributed by atoms with Gasteiger partial charge in [-0.15, -0.1) is 0 Å². The molecule has 1 N–H and O–H groups in total. The molecular weight excluding hydrogens is 464 g/mol. The van der Waals surface area contributed by atoms with Crippen molar-refractivity contribution in [2.45, 2.75) is 75.7 Å². The average molecular weight is 503 g/mol. The molecular formula is C32H38O5. The molecule has 0 bridgehead atoms. The first-order valence-corrected chi connectivity index (χ1v) is 13.7. The van der Waals surface area contributed by atoms with E-state index >= 15 is 0 Å². The third-order valence-electron chi connectivity index (χ3n) is 7.94. The summed E-state index contributed by atoms with van der Waals surface area (Å²) >= 11 is 0. The number of carbonyl (C=O) groups is 2. The molecule has 2 aliphatic rings. The molecule has 0 heterocycles. The summed E-state index contributed by atoms with van der Waals surface area (Å²) in [5, 5.41) is 11.6. The van der Waals surface area contributed by atoms with E-state index in [0.29, 0.717) is 5.56 Å². The maximum atomic E-state index is 13.1. The minimum Gasteiger partial charge on any atom is -0.452 e. The molecule has 2 aliphatic carbocycles. The van der Waals surface area contributed by atoms with Crippen LogP contribution in [0.5, 0.6) is 0 Å². The molecule has 37 heavy (non-hydrogen) atoms. The summed E-state index contributed by atoms with van der Waals surface area (Å²) in [6, 6.07) is 18.9. The molecule has 0 aromatic heterocycles.